The Balaban J connectivity index is 3.76. The monoisotopic (exact) mass is 161 g/mol. The summed E-state index contributed by atoms with van der Waals surface area (Å²) in [6.45, 7) is 8.63. The molecule has 1 N–H and O–H groups in total. The van der Waals surface area contributed by atoms with E-state index in [1.165, 1.54) is 0 Å². The molecule has 1 unspecified atom stereocenters. The first-order valence-electron chi connectivity index (χ1n) is 4.26. The van der Waals surface area contributed by atoms with E-state index in [4.69, 9.17) is 9.84 Å². The van der Waals surface area contributed by atoms with Crippen molar-refractivity contribution in [1.29, 1.82) is 0 Å². The number of hydrogen-bond donors (Lipinski definition) is 1. The van der Waals surface area contributed by atoms with Gasteiger partial charge in [0.2, 0.25) is 0 Å². The summed E-state index contributed by atoms with van der Waals surface area (Å²) in [6.07, 6.45) is -0.116. The fourth-order valence-electron chi connectivity index (χ4n) is 1.10. The van der Waals surface area contributed by atoms with Crippen LogP contribution in [0.2, 0.25) is 0 Å². The first-order valence-corrected chi connectivity index (χ1v) is 4.26. The standard InChI is InChI=1S/C8H19NO2/c1-4-9(5-2)8(7-10)11-6-3/h8,10H,4-7H2,1-3H3. The van der Waals surface area contributed by atoms with Gasteiger partial charge >= 0.3 is 0 Å². The van der Waals surface area contributed by atoms with E-state index in [1.54, 1.807) is 0 Å². The Morgan fingerprint density at radius 1 is 1.27 bits per heavy atom. The highest BCUT2D eigenvalue weighted by atomic mass is 16.5. The Hall–Kier alpha value is -0.120. The molecule has 0 bridgehead atoms. The predicted molar refractivity (Wildman–Crippen MR) is 45.4 cm³/mol. The molecule has 0 amide bonds. The molecule has 3 nitrogen and oxygen atoms in total. The van der Waals surface area contributed by atoms with Gasteiger partial charge in [0.25, 0.3) is 0 Å². The second-order valence-electron chi connectivity index (χ2n) is 2.31. The van der Waals surface area contributed by atoms with Gasteiger partial charge in [-0.2, -0.15) is 0 Å². The van der Waals surface area contributed by atoms with Crippen LogP contribution >= 0.6 is 0 Å². The minimum atomic E-state index is -0.116. The number of aliphatic hydroxyl groups excluding tert-OH is 1. The maximum Gasteiger partial charge on any atom is 0.133 e. The van der Waals surface area contributed by atoms with E-state index in [0.29, 0.717) is 6.61 Å². The van der Waals surface area contributed by atoms with E-state index in [-0.39, 0.29) is 12.8 Å². The minimum Gasteiger partial charge on any atom is -0.392 e. The Labute approximate surface area is 69.0 Å². The molecule has 0 saturated heterocycles. The summed E-state index contributed by atoms with van der Waals surface area (Å²) in [4.78, 5) is 2.09. The van der Waals surface area contributed by atoms with Crippen LogP contribution < -0.4 is 0 Å². The first-order chi connectivity index (χ1) is 5.29. The van der Waals surface area contributed by atoms with Crippen LogP contribution in [0.3, 0.4) is 0 Å². The van der Waals surface area contributed by atoms with E-state index in [2.05, 4.69) is 18.7 Å². The van der Waals surface area contributed by atoms with Crippen LogP contribution in [0, 0.1) is 0 Å². The van der Waals surface area contributed by atoms with Gasteiger partial charge in [-0.15, -0.1) is 0 Å². The lowest BCUT2D eigenvalue weighted by atomic mass is 10.4. The molecule has 0 radical (unpaired) electrons. The molecule has 0 heterocycles. The van der Waals surface area contributed by atoms with E-state index < -0.39 is 0 Å². The molecule has 11 heavy (non-hydrogen) atoms. The van der Waals surface area contributed by atoms with Crippen LogP contribution in [-0.4, -0.2) is 42.5 Å². The molecular formula is C8H19NO2. The lowest BCUT2D eigenvalue weighted by Crippen LogP contribution is -2.39. The molecule has 0 aromatic heterocycles. The lowest BCUT2D eigenvalue weighted by Gasteiger charge is -2.27. The van der Waals surface area contributed by atoms with Crippen LogP contribution in [0.5, 0.6) is 0 Å². The molecule has 0 aromatic rings. The molecule has 0 aliphatic rings. The first kappa shape index (κ1) is 10.9. The molecule has 0 rings (SSSR count). The summed E-state index contributed by atoms with van der Waals surface area (Å²) in [5.41, 5.74) is 0. The van der Waals surface area contributed by atoms with Gasteiger partial charge in [0, 0.05) is 6.61 Å². The van der Waals surface area contributed by atoms with Crippen LogP contribution in [-0.2, 0) is 4.74 Å². The highest BCUT2D eigenvalue weighted by molar-refractivity contribution is 4.57. The second-order valence-corrected chi connectivity index (χ2v) is 2.31. The summed E-state index contributed by atoms with van der Waals surface area (Å²) < 4.78 is 5.31. The largest absolute Gasteiger partial charge is 0.392 e. The van der Waals surface area contributed by atoms with Gasteiger partial charge < -0.3 is 9.84 Å². The summed E-state index contributed by atoms with van der Waals surface area (Å²) in [6, 6.07) is 0. The maximum atomic E-state index is 8.92. The second kappa shape index (κ2) is 6.58. The molecule has 0 aliphatic heterocycles. The minimum absolute atomic E-state index is 0.0789. The number of aliphatic hydroxyl groups is 1. The van der Waals surface area contributed by atoms with Gasteiger partial charge in [0.15, 0.2) is 0 Å². The van der Waals surface area contributed by atoms with Crippen molar-refractivity contribution in [3.8, 4) is 0 Å². The topological polar surface area (TPSA) is 32.7 Å². The van der Waals surface area contributed by atoms with Gasteiger partial charge in [-0.3, -0.25) is 4.90 Å². The van der Waals surface area contributed by atoms with Crippen molar-refractivity contribution in [2.24, 2.45) is 0 Å². The van der Waals surface area contributed by atoms with Gasteiger partial charge in [-0.25, -0.2) is 0 Å². The van der Waals surface area contributed by atoms with E-state index >= 15 is 0 Å². The fraction of sp³-hybridized carbons (Fsp3) is 1.00. The zero-order valence-electron chi connectivity index (χ0n) is 7.71. The van der Waals surface area contributed by atoms with E-state index in [0.717, 1.165) is 13.1 Å². The summed E-state index contributed by atoms with van der Waals surface area (Å²) in [7, 11) is 0. The van der Waals surface area contributed by atoms with Crippen LogP contribution in [0.15, 0.2) is 0 Å². The third-order valence-corrected chi connectivity index (χ3v) is 1.73. The number of rotatable bonds is 6. The summed E-state index contributed by atoms with van der Waals surface area (Å²) in [5, 5.41) is 8.92. The average Bonchev–Trinajstić information content (AvgIpc) is 2.05. The average molecular weight is 161 g/mol. The summed E-state index contributed by atoms with van der Waals surface area (Å²) >= 11 is 0. The molecule has 0 aliphatic carbocycles. The lowest BCUT2D eigenvalue weighted by molar-refractivity contribution is -0.0788. The molecule has 0 aromatic carbocycles. The zero-order chi connectivity index (χ0) is 8.69. The van der Waals surface area contributed by atoms with Crippen molar-refractivity contribution >= 4 is 0 Å². The number of ether oxygens (including phenoxy) is 1. The number of hydrogen-bond acceptors (Lipinski definition) is 3. The molecule has 0 saturated carbocycles. The maximum absolute atomic E-state index is 8.92. The van der Waals surface area contributed by atoms with Crippen molar-refractivity contribution < 1.29 is 9.84 Å². The number of likely N-dealkylation sites (N-methyl/N-ethyl adjacent to an activating group) is 1. The molecular weight excluding hydrogens is 142 g/mol. The van der Waals surface area contributed by atoms with Crippen molar-refractivity contribution in [3.63, 3.8) is 0 Å². The number of nitrogens with zero attached hydrogens (tertiary/aromatic N) is 1. The van der Waals surface area contributed by atoms with Crippen molar-refractivity contribution in [3.05, 3.63) is 0 Å². The van der Waals surface area contributed by atoms with Crippen LogP contribution in [0.25, 0.3) is 0 Å². The summed E-state index contributed by atoms with van der Waals surface area (Å²) in [5.74, 6) is 0. The van der Waals surface area contributed by atoms with Crippen molar-refractivity contribution in [2.75, 3.05) is 26.3 Å². The molecule has 68 valence electrons. The third-order valence-electron chi connectivity index (χ3n) is 1.73. The van der Waals surface area contributed by atoms with Crippen molar-refractivity contribution in [2.45, 2.75) is 27.0 Å². The Morgan fingerprint density at radius 3 is 2.09 bits per heavy atom. The third kappa shape index (κ3) is 3.70. The predicted octanol–water partition coefficient (Wildman–Crippen LogP) is 0.683. The van der Waals surface area contributed by atoms with E-state index in [1.807, 2.05) is 6.92 Å². The smallest absolute Gasteiger partial charge is 0.133 e. The highest BCUT2D eigenvalue weighted by Gasteiger charge is 2.12. The molecule has 0 spiro atoms. The zero-order valence-corrected chi connectivity index (χ0v) is 7.71. The van der Waals surface area contributed by atoms with Gasteiger partial charge in [-0.05, 0) is 20.0 Å². The highest BCUT2D eigenvalue weighted by Crippen LogP contribution is 1.99. The van der Waals surface area contributed by atoms with Crippen molar-refractivity contribution in [1.82, 2.24) is 4.90 Å². The molecule has 1 atom stereocenters. The Morgan fingerprint density at radius 2 is 1.82 bits per heavy atom. The van der Waals surface area contributed by atoms with Gasteiger partial charge in [0.05, 0.1) is 6.61 Å². The van der Waals surface area contributed by atoms with Crippen LogP contribution in [0.1, 0.15) is 20.8 Å². The van der Waals surface area contributed by atoms with Gasteiger partial charge in [0.1, 0.15) is 6.23 Å². The fourth-order valence-corrected chi connectivity index (χ4v) is 1.10. The normalized spacial score (nSPS) is 13.9. The Bertz CT molecular complexity index is 84.2. The van der Waals surface area contributed by atoms with Gasteiger partial charge in [-0.1, -0.05) is 13.8 Å². The van der Waals surface area contributed by atoms with E-state index in [9.17, 15) is 0 Å². The molecule has 0 fully saturated rings. The quantitative estimate of drug-likeness (QED) is 0.582. The van der Waals surface area contributed by atoms with Crippen LogP contribution in [0.4, 0.5) is 0 Å². The molecule has 3 heteroatoms. The Kier molecular flexibility index (Phi) is 6.51. The SMILES string of the molecule is CCOC(CO)N(CC)CC.